The van der Waals surface area contributed by atoms with E-state index in [9.17, 15) is 4.79 Å². The van der Waals surface area contributed by atoms with Crippen molar-refractivity contribution < 1.29 is 9.90 Å². The Morgan fingerprint density at radius 1 is 1.48 bits per heavy atom. The molecular weight excluding hydrogens is 284 g/mol. The summed E-state index contributed by atoms with van der Waals surface area (Å²) >= 11 is 1.30. The van der Waals surface area contributed by atoms with E-state index < -0.39 is 5.97 Å². The number of aromatic nitrogens is 2. The summed E-state index contributed by atoms with van der Waals surface area (Å²) in [6.45, 7) is 6.43. The van der Waals surface area contributed by atoms with Crippen LogP contribution in [0.5, 0.6) is 0 Å². The molecule has 0 bridgehead atoms. The first-order valence-electron chi connectivity index (χ1n) is 7.36. The first kappa shape index (κ1) is 15.9. The summed E-state index contributed by atoms with van der Waals surface area (Å²) in [4.78, 5) is 15.5. The van der Waals surface area contributed by atoms with Crippen LogP contribution < -0.4 is 0 Å². The number of aryl methyl sites for hydroxylation is 1. The van der Waals surface area contributed by atoms with Crippen LogP contribution in [0.3, 0.4) is 0 Å². The highest BCUT2D eigenvalue weighted by Gasteiger charge is 2.17. The zero-order chi connectivity index (χ0) is 15.4. The van der Waals surface area contributed by atoms with Gasteiger partial charge in [-0.15, -0.1) is 0 Å². The van der Waals surface area contributed by atoms with Gasteiger partial charge >= 0.3 is 5.97 Å². The average molecular weight is 306 g/mol. The predicted octanol–water partition coefficient (Wildman–Crippen LogP) is 4.27. The molecule has 114 valence electrons. The number of carboxylic acid groups (broad SMARTS) is 1. The van der Waals surface area contributed by atoms with Gasteiger partial charge in [0, 0.05) is 6.04 Å². The van der Waals surface area contributed by atoms with Gasteiger partial charge in [-0.2, -0.15) is 0 Å². The minimum absolute atomic E-state index is 0.0444. The molecule has 1 N–H and O–H groups in total. The Morgan fingerprint density at radius 2 is 2.24 bits per heavy atom. The highest BCUT2D eigenvalue weighted by atomic mass is 32.2. The van der Waals surface area contributed by atoms with Crippen molar-refractivity contribution in [3.63, 3.8) is 0 Å². The van der Waals surface area contributed by atoms with Gasteiger partial charge in [0.1, 0.15) is 0 Å². The molecule has 4 nitrogen and oxygen atoms in total. The molecule has 1 unspecified atom stereocenters. The first-order valence-corrected chi connectivity index (χ1v) is 8.34. The standard InChI is InChI=1S/C16H22N2O2S/c1-4-5-6-12(3)18-14-9-11(2)7-8-13(14)17-16(18)21-10-15(19)20/h7-9,12H,4-6,10H2,1-3H3,(H,19,20). The van der Waals surface area contributed by atoms with Crippen LogP contribution in [0.4, 0.5) is 0 Å². The molecule has 2 aromatic rings. The number of aliphatic carboxylic acids is 1. The molecule has 1 atom stereocenters. The van der Waals surface area contributed by atoms with Crippen molar-refractivity contribution in [2.75, 3.05) is 5.75 Å². The van der Waals surface area contributed by atoms with Crippen LogP contribution in [0.15, 0.2) is 23.4 Å². The minimum atomic E-state index is -0.809. The Balaban J connectivity index is 2.42. The highest BCUT2D eigenvalue weighted by molar-refractivity contribution is 7.99. The van der Waals surface area contributed by atoms with Crippen LogP contribution in [-0.2, 0) is 4.79 Å². The number of carbonyl (C=O) groups is 1. The Bertz CT molecular complexity index is 636. The number of benzene rings is 1. The summed E-state index contributed by atoms with van der Waals surface area (Å²) in [6.07, 6.45) is 3.40. The topological polar surface area (TPSA) is 55.1 Å². The number of fused-ring (bicyclic) bond motifs is 1. The molecule has 1 aromatic carbocycles. The number of thioether (sulfide) groups is 1. The smallest absolute Gasteiger partial charge is 0.313 e. The number of hydrogen-bond donors (Lipinski definition) is 1. The predicted molar refractivity (Wildman–Crippen MR) is 87.1 cm³/mol. The van der Waals surface area contributed by atoms with Gasteiger partial charge in [0.15, 0.2) is 5.16 Å². The van der Waals surface area contributed by atoms with Crippen molar-refractivity contribution in [2.45, 2.75) is 51.2 Å². The molecule has 5 heteroatoms. The van der Waals surface area contributed by atoms with Gasteiger partial charge in [-0.1, -0.05) is 37.6 Å². The summed E-state index contributed by atoms with van der Waals surface area (Å²) in [5, 5.41) is 9.71. The Morgan fingerprint density at radius 3 is 2.90 bits per heavy atom. The number of carboxylic acids is 1. The van der Waals surface area contributed by atoms with Gasteiger partial charge in [-0.05, 0) is 38.0 Å². The molecule has 0 fully saturated rings. The molecule has 2 rings (SSSR count). The second-order valence-corrected chi connectivity index (χ2v) is 6.37. The number of imidazole rings is 1. The van der Waals surface area contributed by atoms with E-state index in [1.165, 1.54) is 17.3 Å². The molecular formula is C16H22N2O2S. The largest absolute Gasteiger partial charge is 0.481 e. The van der Waals surface area contributed by atoms with Crippen LogP contribution >= 0.6 is 11.8 Å². The lowest BCUT2D eigenvalue weighted by Gasteiger charge is -2.17. The number of hydrogen-bond acceptors (Lipinski definition) is 3. The fraction of sp³-hybridized carbons (Fsp3) is 0.500. The van der Waals surface area contributed by atoms with E-state index in [-0.39, 0.29) is 5.75 Å². The first-order chi connectivity index (χ1) is 10.0. The number of unbranched alkanes of at least 4 members (excludes halogenated alkanes) is 1. The maximum absolute atomic E-state index is 10.8. The lowest BCUT2D eigenvalue weighted by Crippen LogP contribution is -2.08. The second-order valence-electron chi connectivity index (χ2n) is 5.43. The Kier molecular flexibility index (Phi) is 5.28. The summed E-state index contributed by atoms with van der Waals surface area (Å²) in [7, 11) is 0. The second kappa shape index (κ2) is 6.98. The van der Waals surface area contributed by atoms with E-state index in [1.807, 2.05) is 12.1 Å². The van der Waals surface area contributed by atoms with Crippen molar-refractivity contribution in [2.24, 2.45) is 0 Å². The molecule has 21 heavy (non-hydrogen) atoms. The normalized spacial score (nSPS) is 12.7. The molecule has 0 amide bonds. The third kappa shape index (κ3) is 3.79. The van der Waals surface area contributed by atoms with Crippen molar-refractivity contribution in [3.05, 3.63) is 23.8 Å². The van der Waals surface area contributed by atoms with Gasteiger partial charge in [-0.25, -0.2) is 4.98 Å². The van der Waals surface area contributed by atoms with Crippen LogP contribution in [0.2, 0.25) is 0 Å². The van der Waals surface area contributed by atoms with E-state index in [0.717, 1.165) is 35.5 Å². The van der Waals surface area contributed by atoms with E-state index in [1.54, 1.807) is 0 Å². The van der Waals surface area contributed by atoms with Gasteiger partial charge in [0.25, 0.3) is 0 Å². The van der Waals surface area contributed by atoms with Crippen molar-refractivity contribution in [3.8, 4) is 0 Å². The van der Waals surface area contributed by atoms with Crippen molar-refractivity contribution >= 4 is 28.8 Å². The summed E-state index contributed by atoms with van der Waals surface area (Å²) in [6, 6.07) is 6.52. The van der Waals surface area contributed by atoms with Crippen LogP contribution in [0.1, 0.15) is 44.7 Å². The molecule has 0 radical (unpaired) electrons. The molecule has 0 aliphatic carbocycles. The molecule has 0 saturated carbocycles. The maximum atomic E-state index is 10.8. The molecule has 0 saturated heterocycles. The zero-order valence-electron chi connectivity index (χ0n) is 12.8. The minimum Gasteiger partial charge on any atom is -0.481 e. The third-order valence-electron chi connectivity index (χ3n) is 3.55. The maximum Gasteiger partial charge on any atom is 0.313 e. The Hall–Kier alpha value is -1.49. The average Bonchev–Trinajstić information content (AvgIpc) is 2.80. The fourth-order valence-corrected chi connectivity index (χ4v) is 3.30. The molecule has 0 aliphatic rings. The summed E-state index contributed by atoms with van der Waals surface area (Å²) < 4.78 is 2.20. The Labute approximate surface area is 129 Å². The molecule has 1 heterocycles. The van der Waals surface area contributed by atoms with E-state index in [2.05, 4.69) is 36.4 Å². The van der Waals surface area contributed by atoms with Gasteiger partial charge < -0.3 is 9.67 Å². The number of nitrogens with zero attached hydrogens (tertiary/aromatic N) is 2. The summed E-state index contributed by atoms with van der Waals surface area (Å²) in [5.41, 5.74) is 3.24. The fourth-order valence-electron chi connectivity index (χ4n) is 2.46. The SMILES string of the molecule is CCCCC(C)n1c(SCC(=O)O)nc2ccc(C)cc21. The summed E-state index contributed by atoms with van der Waals surface area (Å²) in [5.74, 6) is -0.765. The van der Waals surface area contributed by atoms with Crippen molar-refractivity contribution in [1.29, 1.82) is 0 Å². The van der Waals surface area contributed by atoms with E-state index in [0.29, 0.717) is 6.04 Å². The van der Waals surface area contributed by atoms with E-state index in [4.69, 9.17) is 5.11 Å². The quantitative estimate of drug-likeness (QED) is 0.776. The monoisotopic (exact) mass is 306 g/mol. The zero-order valence-corrected chi connectivity index (χ0v) is 13.6. The third-order valence-corrected chi connectivity index (χ3v) is 4.49. The van der Waals surface area contributed by atoms with Gasteiger partial charge in [-0.3, -0.25) is 4.79 Å². The van der Waals surface area contributed by atoms with E-state index >= 15 is 0 Å². The molecule has 0 aliphatic heterocycles. The van der Waals surface area contributed by atoms with Gasteiger partial charge in [0.05, 0.1) is 16.8 Å². The lowest BCUT2D eigenvalue weighted by molar-refractivity contribution is -0.133. The van der Waals surface area contributed by atoms with Gasteiger partial charge in [0.2, 0.25) is 0 Å². The van der Waals surface area contributed by atoms with Crippen LogP contribution in [-0.4, -0.2) is 26.4 Å². The lowest BCUT2D eigenvalue weighted by atomic mass is 10.1. The van der Waals surface area contributed by atoms with Crippen LogP contribution in [0.25, 0.3) is 11.0 Å². The van der Waals surface area contributed by atoms with Crippen molar-refractivity contribution in [1.82, 2.24) is 9.55 Å². The number of rotatable bonds is 7. The molecule has 1 aromatic heterocycles. The van der Waals surface area contributed by atoms with Crippen LogP contribution in [0, 0.1) is 6.92 Å². The molecule has 0 spiro atoms. The highest BCUT2D eigenvalue weighted by Crippen LogP contribution is 2.30.